The van der Waals surface area contributed by atoms with Gasteiger partial charge in [0.25, 0.3) is 0 Å². The van der Waals surface area contributed by atoms with Crippen molar-refractivity contribution < 1.29 is 18.3 Å². The van der Waals surface area contributed by atoms with E-state index in [-0.39, 0.29) is 23.9 Å². The molecule has 0 aliphatic heterocycles. The van der Waals surface area contributed by atoms with E-state index in [4.69, 9.17) is 9.84 Å². The molecule has 0 atom stereocenters. The Hall–Kier alpha value is -1.18. The van der Waals surface area contributed by atoms with Crippen LogP contribution in [-0.2, 0) is 10.0 Å². The van der Waals surface area contributed by atoms with E-state index in [0.717, 1.165) is 0 Å². The quantitative estimate of drug-likeness (QED) is 0.801. The molecule has 0 aliphatic carbocycles. The fraction of sp³-hybridized carbons (Fsp3) is 0.500. The highest BCUT2D eigenvalue weighted by molar-refractivity contribution is 7.89. The molecule has 17 heavy (non-hydrogen) atoms. The molecule has 6 nitrogen and oxygen atoms in total. The number of aromatic nitrogens is 1. The van der Waals surface area contributed by atoms with Gasteiger partial charge in [0.2, 0.25) is 15.9 Å². The Morgan fingerprint density at radius 2 is 2.12 bits per heavy atom. The number of aliphatic hydroxyl groups excluding tert-OH is 1. The van der Waals surface area contributed by atoms with Crippen molar-refractivity contribution in [3.63, 3.8) is 0 Å². The number of ether oxygens (including phenoxy) is 1. The Balaban J connectivity index is 0.00000121. The van der Waals surface area contributed by atoms with Gasteiger partial charge in [-0.3, -0.25) is 0 Å². The predicted octanol–water partition coefficient (Wildman–Crippen LogP) is 0.387. The molecule has 0 amide bonds. The number of nitrogens with zero attached hydrogens (tertiary/aromatic N) is 1. The van der Waals surface area contributed by atoms with E-state index in [1.807, 2.05) is 13.8 Å². The number of hydrogen-bond donors (Lipinski definition) is 2. The highest BCUT2D eigenvalue weighted by Gasteiger charge is 2.18. The van der Waals surface area contributed by atoms with Crippen LogP contribution >= 0.6 is 0 Å². The van der Waals surface area contributed by atoms with Gasteiger partial charge < -0.3 is 9.84 Å². The van der Waals surface area contributed by atoms with Gasteiger partial charge in [-0.15, -0.1) is 0 Å². The lowest BCUT2D eigenvalue weighted by Gasteiger charge is -2.08. The third-order valence-corrected chi connectivity index (χ3v) is 3.10. The average Bonchev–Trinajstić information content (AvgIpc) is 2.38. The Bertz CT molecular complexity index is 420. The molecule has 1 aromatic heterocycles. The summed E-state index contributed by atoms with van der Waals surface area (Å²) in [5.41, 5.74) is 0. The maximum absolute atomic E-state index is 11.6. The largest absolute Gasteiger partial charge is 0.480 e. The van der Waals surface area contributed by atoms with Gasteiger partial charge in [0.1, 0.15) is 4.90 Å². The lowest BCUT2D eigenvalue weighted by Crippen LogP contribution is -2.27. The van der Waals surface area contributed by atoms with Crippen LogP contribution < -0.4 is 9.46 Å². The summed E-state index contributed by atoms with van der Waals surface area (Å²) in [6.07, 6.45) is 1.43. The van der Waals surface area contributed by atoms with Crippen molar-refractivity contribution in [1.82, 2.24) is 9.71 Å². The zero-order valence-electron chi connectivity index (χ0n) is 10.2. The molecule has 0 aliphatic rings. The molecule has 0 unspecified atom stereocenters. The first kappa shape index (κ1) is 15.8. The molecular formula is C10H18N2O4S. The maximum Gasteiger partial charge on any atom is 0.246 e. The molecule has 0 radical (unpaired) electrons. The first-order valence-corrected chi connectivity index (χ1v) is 6.69. The second kappa shape index (κ2) is 7.99. The van der Waals surface area contributed by atoms with Crippen LogP contribution in [0.4, 0.5) is 0 Å². The van der Waals surface area contributed by atoms with Gasteiger partial charge in [-0.1, -0.05) is 13.8 Å². The molecule has 0 spiro atoms. The van der Waals surface area contributed by atoms with E-state index in [2.05, 4.69) is 9.71 Å². The fourth-order valence-corrected chi connectivity index (χ4v) is 2.13. The van der Waals surface area contributed by atoms with E-state index in [1.165, 1.54) is 25.4 Å². The van der Waals surface area contributed by atoms with Crippen LogP contribution in [0.2, 0.25) is 0 Å². The van der Waals surface area contributed by atoms with Crippen molar-refractivity contribution in [1.29, 1.82) is 0 Å². The van der Waals surface area contributed by atoms with Crippen LogP contribution in [0.1, 0.15) is 13.8 Å². The highest BCUT2D eigenvalue weighted by Crippen LogP contribution is 2.18. The topological polar surface area (TPSA) is 88.5 Å². The number of aliphatic hydroxyl groups is 1. The number of methoxy groups -OCH3 is 1. The second-order valence-corrected chi connectivity index (χ2v) is 4.37. The summed E-state index contributed by atoms with van der Waals surface area (Å²) >= 11 is 0. The molecule has 2 N–H and O–H groups in total. The van der Waals surface area contributed by atoms with Gasteiger partial charge in [0.15, 0.2) is 0 Å². The molecule has 98 valence electrons. The van der Waals surface area contributed by atoms with E-state index >= 15 is 0 Å². The second-order valence-electron chi connectivity index (χ2n) is 2.63. The summed E-state index contributed by atoms with van der Waals surface area (Å²) in [5.74, 6) is 0.0305. The Morgan fingerprint density at radius 1 is 1.47 bits per heavy atom. The smallest absolute Gasteiger partial charge is 0.246 e. The molecule has 1 heterocycles. The molecule has 0 aromatic carbocycles. The van der Waals surface area contributed by atoms with E-state index in [9.17, 15) is 8.42 Å². The van der Waals surface area contributed by atoms with Crippen molar-refractivity contribution in [2.24, 2.45) is 0 Å². The van der Waals surface area contributed by atoms with E-state index in [0.29, 0.717) is 0 Å². The number of hydrogen-bond acceptors (Lipinski definition) is 5. The van der Waals surface area contributed by atoms with E-state index in [1.54, 1.807) is 0 Å². The summed E-state index contributed by atoms with van der Waals surface area (Å²) in [7, 11) is -2.32. The first-order chi connectivity index (χ1) is 8.11. The summed E-state index contributed by atoms with van der Waals surface area (Å²) in [5, 5.41) is 8.53. The van der Waals surface area contributed by atoms with Crippen LogP contribution in [0, 0.1) is 0 Å². The van der Waals surface area contributed by atoms with Crippen molar-refractivity contribution >= 4 is 10.0 Å². The number of pyridine rings is 1. The van der Waals surface area contributed by atoms with Crippen LogP contribution in [0.5, 0.6) is 5.88 Å². The summed E-state index contributed by atoms with van der Waals surface area (Å²) in [4.78, 5) is 3.73. The zero-order valence-corrected chi connectivity index (χ0v) is 11.0. The van der Waals surface area contributed by atoms with Gasteiger partial charge in [-0.2, -0.15) is 0 Å². The van der Waals surface area contributed by atoms with Gasteiger partial charge >= 0.3 is 0 Å². The summed E-state index contributed by atoms with van der Waals surface area (Å²) < 4.78 is 30.3. The third kappa shape index (κ3) is 4.68. The summed E-state index contributed by atoms with van der Waals surface area (Å²) in [6.45, 7) is 3.70. The van der Waals surface area contributed by atoms with Crippen LogP contribution in [0.25, 0.3) is 0 Å². The van der Waals surface area contributed by atoms with Crippen molar-refractivity contribution in [2.75, 3.05) is 20.3 Å². The molecule has 1 aromatic rings. The predicted molar refractivity (Wildman–Crippen MR) is 64.4 cm³/mol. The van der Waals surface area contributed by atoms with Gasteiger partial charge in [-0.25, -0.2) is 18.1 Å². The van der Waals surface area contributed by atoms with Crippen LogP contribution in [0.3, 0.4) is 0 Å². The first-order valence-electron chi connectivity index (χ1n) is 5.21. The molecular weight excluding hydrogens is 244 g/mol. The van der Waals surface area contributed by atoms with Crippen molar-refractivity contribution in [2.45, 2.75) is 18.7 Å². The Kier molecular flexibility index (Phi) is 7.44. The Morgan fingerprint density at radius 3 is 2.65 bits per heavy atom. The number of nitrogens with one attached hydrogen (secondary N) is 1. The van der Waals surface area contributed by atoms with Gasteiger partial charge in [0.05, 0.1) is 13.7 Å². The van der Waals surface area contributed by atoms with Crippen LogP contribution in [0.15, 0.2) is 23.2 Å². The minimum absolute atomic E-state index is 0.0305. The number of sulfonamides is 1. The lowest BCUT2D eigenvalue weighted by atomic mass is 10.5. The van der Waals surface area contributed by atoms with Gasteiger partial charge in [0, 0.05) is 12.7 Å². The molecule has 0 bridgehead atoms. The monoisotopic (exact) mass is 262 g/mol. The molecule has 1 rings (SSSR count). The third-order valence-electron chi connectivity index (χ3n) is 1.62. The normalized spacial score (nSPS) is 10.4. The maximum atomic E-state index is 11.6. The lowest BCUT2D eigenvalue weighted by molar-refractivity contribution is 0.300. The van der Waals surface area contributed by atoms with Crippen molar-refractivity contribution in [3.8, 4) is 5.88 Å². The average molecular weight is 262 g/mol. The van der Waals surface area contributed by atoms with Crippen LogP contribution in [-0.4, -0.2) is 38.8 Å². The zero-order chi connectivity index (χ0) is 13.3. The fourth-order valence-electron chi connectivity index (χ4n) is 0.992. The molecule has 0 saturated carbocycles. The Labute approximate surface area is 102 Å². The standard InChI is InChI=1S/C8H12N2O4S.C2H6/c1-14-8-7(3-2-4-9-8)15(12,13)10-5-6-11;1-2/h2-4,10-11H,5-6H2,1H3;1-2H3. The molecule has 0 fully saturated rings. The van der Waals surface area contributed by atoms with Gasteiger partial charge in [-0.05, 0) is 12.1 Å². The molecule has 0 saturated heterocycles. The van der Waals surface area contributed by atoms with E-state index < -0.39 is 10.0 Å². The summed E-state index contributed by atoms with van der Waals surface area (Å²) in [6, 6.07) is 2.88. The SMILES string of the molecule is CC.COc1ncccc1S(=O)(=O)NCCO. The number of rotatable bonds is 5. The van der Waals surface area contributed by atoms with Crippen molar-refractivity contribution in [3.05, 3.63) is 18.3 Å². The minimum Gasteiger partial charge on any atom is -0.480 e. The highest BCUT2D eigenvalue weighted by atomic mass is 32.2. The minimum atomic E-state index is -3.66. The molecule has 7 heteroatoms.